The van der Waals surface area contributed by atoms with Crippen LogP contribution < -0.4 is 0 Å². The van der Waals surface area contributed by atoms with Gasteiger partial charge in [0.1, 0.15) is 13.2 Å². The Morgan fingerprint density at radius 3 is 2.53 bits per heavy atom. The molecule has 0 unspecified atom stereocenters. The first-order chi connectivity index (χ1) is 8.31. The summed E-state index contributed by atoms with van der Waals surface area (Å²) >= 11 is 0. The van der Waals surface area contributed by atoms with E-state index in [1.54, 1.807) is 0 Å². The van der Waals surface area contributed by atoms with Gasteiger partial charge in [-0.15, -0.1) is 6.42 Å². The molecule has 17 heavy (non-hydrogen) atoms. The zero-order valence-electron chi connectivity index (χ0n) is 10.9. The first-order valence-electron chi connectivity index (χ1n) is 6.48. The fourth-order valence-electron chi connectivity index (χ4n) is 1.47. The van der Waals surface area contributed by atoms with Gasteiger partial charge in [0, 0.05) is 6.42 Å². The molecule has 0 aliphatic rings. The monoisotopic (exact) mass is 240 g/mol. The molecule has 3 nitrogen and oxygen atoms in total. The molecule has 0 atom stereocenters. The van der Waals surface area contributed by atoms with Crippen LogP contribution in [-0.2, 0) is 14.3 Å². The van der Waals surface area contributed by atoms with Gasteiger partial charge in [0.15, 0.2) is 0 Å². The minimum absolute atomic E-state index is 0.134. The van der Waals surface area contributed by atoms with Gasteiger partial charge in [-0.3, -0.25) is 4.79 Å². The molecular weight excluding hydrogens is 216 g/mol. The molecule has 0 aromatic heterocycles. The molecular formula is C14H24O3. The zero-order valence-corrected chi connectivity index (χ0v) is 10.9. The second-order valence-electron chi connectivity index (χ2n) is 3.99. The molecule has 0 aromatic carbocycles. The maximum atomic E-state index is 11.2. The van der Waals surface area contributed by atoms with Gasteiger partial charge in [0.2, 0.25) is 0 Å². The van der Waals surface area contributed by atoms with E-state index in [4.69, 9.17) is 15.9 Å². The number of carbonyl (C=O) groups is 1. The molecule has 3 heteroatoms. The summed E-state index contributed by atoms with van der Waals surface area (Å²) in [6.07, 6.45) is 12.6. The van der Waals surface area contributed by atoms with Crippen LogP contribution in [0.5, 0.6) is 0 Å². The van der Waals surface area contributed by atoms with Crippen LogP contribution in [0.15, 0.2) is 0 Å². The lowest BCUT2D eigenvalue weighted by molar-refractivity contribution is -0.145. The Balaban J connectivity index is 3.15. The maximum Gasteiger partial charge on any atom is 0.305 e. The Kier molecular flexibility index (Phi) is 12.3. The number of hydrogen-bond acceptors (Lipinski definition) is 3. The van der Waals surface area contributed by atoms with E-state index in [9.17, 15) is 4.79 Å². The highest BCUT2D eigenvalue weighted by atomic mass is 16.6. The van der Waals surface area contributed by atoms with Crippen molar-refractivity contribution >= 4 is 5.97 Å². The molecule has 0 spiro atoms. The van der Waals surface area contributed by atoms with E-state index in [0.717, 1.165) is 12.8 Å². The number of esters is 1. The molecule has 0 rings (SSSR count). The van der Waals surface area contributed by atoms with Crippen LogP contribution in [-0.4, -0.2) is 25.8 Å². The van der Waals surface area contributed by atoms with E-state index in [1.165, 1.54) is 25.7 Å². The molecule has 0 saturated heterocycles. The predicted molar refractivity (Wildman–Crippen MR) is 68.6 cm³/mol. The second-order valence-corrected chi connectivity index (χ2v) is 3.99. The molecule has 0 amide bonds. The van der Waals surface area contributed by atoms with Gasteiger partial charge in [0.25, 0.3) is 0 Å². The average molecular weight is 240 g/mol. The first kappa shape index (κ1) is 16.0. The normalized spacial score (nSPS) is 9.88. The minimum atomic E-state index is -0.134. The molecule has 98 valence electrons. The number of unbranched alkanes of at least 4 members (excludes halogenated alkanes) is 5. The fourth-order valence-corrected chi connectivity index (χ4v) is 1.47. The maximum absolute atomic E-state index is 11.2. The van der Waals surface area contributed by atoms with Crippen LogP contribution in [0, 0.1) is 12.3 Å². The number of carbonyl (C=O) groups excluding carboxylic acids is 1. The van der Waals surface area contributed by atoms with E-state index >= 15 is 0 Å². The van der Waals surface area contributed by atoms with Crippen LogP contribution in [0.25, 0.3) is 0 Å². The SMILES string of the molecule is C#CCOCCOC(=O)CCCCCCCC. The van der Waals surface area contributed by atoms with Gasteiger partial charge < -0.3 is 9.47 Å². The van der Waals surface area contributed by atoms with Crippen molar-refractivity contribution in [3.05, 3.63) is 0 Å². The standard InChI is InChI=1S/C14H24O3/c1-3-5-6-7-8-9-10-14(15)17-13-12-16-11-4-2/h2H,3,5-13H2,1H3. The topological polar surface area (TPSA) is 35.5 Å². The van der Waals surface area contributed by atoms with Crippen LogP contribution in [0.1, 0.15) is 51.9 Å². The van der Waals surface area contributed by atoms with Crippen molar-refractivity contribution in [3.8, 4) is 12.3 Å². The summed E-state index contributed by atoms with van der Waals surface area (Å²) in [4.78, 5) is 11.2. The Morgan fingerprint density at radius 1 is 1.12 bits per heavy atom. The van der Waals surface area contributed by atoms with Crippen molar-refractivity contribution in [2.75, 3.05) is 19.8 Å². The summed E-state index contributed by atoms with van der Waals surface area (Å²) in [6, 6.07) is 0. The van der Waals surface area contributed by atoms with Crippen molar-refractivity contribution in [2.24, 2.45) is 0 Å². The van der Waals surface area contributed by atoms with Crippen LogP contribution in [0.4, 0.5) is 0 Å². The lowest BCUT2D eigenvalue weighted by Crippen LogP contribution is -2.10. The highest BCUT2D eigenvalue weighted by molar-refractivity contribution is 5.69. The van der Waals surface area contributed by atoms with Gasteiger partial charge in [-0.2, -0.15) is 0 Å². The predicted octanol–water partition coefficient (Wildman–Crippen LogP) is 2.93. The van der Waals surface area contributed by atoms with Gasteiger partial charge >= 0.3 is 5.97 Å². The highest BCUT2D eigenvalue weighted by Gasteiger charge is 2.01. The highest BCUT2D eigenvalue weighted by Crippen LogP contribution is 2.07. The van der Waals surface area contributed by atoms with E-state index < -0.39 is 0 Å². The van der Waals surface area contributed by atoms with E-state index in [2.05, 4.69) is 12.8 Å². The van der Waals surface area contributed by atoms with E-state index in [1.807, 2.05) is 0 Å². The van der Waals surface area contributed by atoms with Gasteiger partial charge in [-0.05, 0) is 6.42 Å². The average Bonchev–Trinajstić information content (AvgIpc) is 2.33. The van der Waals surface area contributed by atoms with E-state index in [-0.39, 0.29) is 12.6 Å². The quantitative estimate of drug-likeness (QED) is 0.316. The number of terminal acetylenes is 1. The Labute approximate surface area is 105 Å². The third-order valence-corrected chi connectivity index (χ3v) is 2.41. The number of ether oxygens (including phenoxy) is 2. The summed E-state index contributed by atoms with van der Waals surface area (Å²) in [7, 11) is 0. The molecule has 0 saturated carbocycles. The Bertz CT molecular complexity index is 218. The Morgan fingerprint density at radius 2 is 1.82 bits per heavy atom. The summed E-state index contributed by atoms with van der Waals surface area (Å²) < 4.78 is 9.97. The van der Waals surface area contributed by atoms with Crippen molar-refractivity contribution in [1.82, 2.24) is 0 Å². The molecule has 0 bridgehead atoms. The van der Waals surface area contributed by atoms with Gasteiger partial charge in [-0.25, -0.2) is 0 Å². The molecule has 0 fully saturated rings. The third-order valence-electron chi connectivity index (χ3n) is 2.41. The van der Waals surface area contributed by atoms with Crippen LogP contribution >= 0.6 is 0 Å². The molecule has 0 N–H and O–H groups in total. The third kappa shape index (κ3) is 12.9. The lowest BCUT2D eigenvalue weighted by Gasteiger charge is -2.04. The molecule has 0 aliphatic heterocycles. The van der Waals surface area contributed by atoms with Gasteiger partial charge in [-0.1, -0.05) is 44.9 Å². The number of rotatable bonds is 11. The first-order valence-corrected chi connectivity index (χ1v) is 6.48. The second kappa shape index (κ2) is 13.1. The Hall–Kier alpha value is -1.01. The molecule has 0 aliphatic carbocycles. The molecule has 0 radical (unpaired) electrons. The lowest BCUT2D eigenvalue weighted by atomic mass is 10.1. The van der Waals surface area contributed by atoms with E-state index in [0.29, 0.717) is 19.6 Å². The van der Waals surface area contributed by atoms with Crippen molar-refractivity contribution in [3.63, 3.8) is 0 Å². The fraction of sp³-hybridized carbons (Fsp3) is 0.786. The zero-order chi connectivity index (χ0) is 12.8. The molecule has 0 aromatic rings. The summed E-state index contributed by atoms with van der Waals surface area (Å²) in [6.45, 7) is 3.15. The number of hydrogen-bond donors (Lipinski definition) is 0. The summed E-state index contributed by atoms with van der Waals surface area (Å²) in [5, 5.41) is 0. The van der Waals surface area contributed by atoms with Crippen molar-refractivity contribution in [1.29, 1.82) is 0 Å². The summed E-state index contributed by atoms with van der Waals surface area (Å²) in [5.74, 6) is 2.22. The van der Waals surface area contributed by atoms with Crippen molar-refractivity contribution < 1.29 is 14.3 Å². The minimum Gasteiger partial charge on any atom is -0.463 e. The largest absolute Gasteiger partial charge is 0.463 e. The summed E-state index contributed by atoms with van der Waals surface area (Å²) in [5.41, 5.74) is 0. The molecule has 0 heterocycles. The van der Waals surface area contributed by atoms with Crippen LogP contribution in [0.3, 0.4) is 0 Å². The van der Waals surface area contributed by atoms with Crippen molar-refractivity contribution in [2.45, 2.75) is 51.9 Å². The van der Waals surface area contributed by atoms with Crippen LogP contribution in [0.2, 0.25) is 0 Å². The smallest absolute Gasteiger partial charge is 0.305 e. The van der Waals surface area contributed by atoms with Gasteiger partial charge in [0.05, 0.1) is 6.61 Å².